The van der Waals surface area contributed by atoms with Gasteiger partial charge in [-0.3, -0.25) is 4.99 Å². The van der Waals surface area contributed by atoms with Crippen LogP contribution in [0.3, 0.4) is 0 Å². The van der Waals surface area contributed by atoms with Crippen molar-refractivity contribution in [3.8, 4) is 0 Å². The Morgan fingerprint density at radius 2 is 2.05 bits per heavy atom. The average molecular weight is 394 g/mol. The van der Waals surface area contributed by atoms with Crippen LogP contribution in [0.25, 0.3) is 0 Å². The van der Waals surface area contributed by atoms with Gasteiger partial charge in [-0.25, -0.2) is 4.98 Å². The topological polar surface area (TPSA) is 62.5 Å². The number of aliphatic imine (C=N–C) groups is 1. The zero-order chi connectivity index (χ0) is 14.3. The van der Waals surface area contributed by atoms with Crippen molar-refractivity contribution in [3.63, 3.8) is 0 Å². The molecular formula is C14H27IN4O. The maximum atomic E-state index is 5.71. The molecule has 0 fully saturated rings. The molecule has 0 aliphatic heterocycles. The van der Waals surface area contributed by atoms with Gasteiger partial charge in [-0.15, -0.1) is 24.0 Å². The highest BCUT2D eigenvalue weighted by Gasteiger charge is 2.19. The predicted molar refractivity (Wildman–Crippen MR) is 93.7 cm³/mol. The molecule has 0 unspecified atom stereocenters. The Morgan fingerprint density at radius 1 is 1.35 bits per heavy atom. The van der Waals surface area contributed by atoms with Gasteiger partial charge in [0.25, 0.3) is 0 Å². The number of hydrogen-bond donors (Lipinski definition) is 2. The maximum Gasteiger partial charge on any atom is 0.213 e. The van der Waals surface area contributed by atoms with Crippen molar-refractivity contribution in [1.29, 1.82) is 0 Å². The van der Waals surface area contributed by atoms with Crippen molar-refractivity contribution in [2.45, 2.75) is 52.5 Å². The Bertz CT molecular complexity index is 410. The smallest absolute Gasteiger partial charge is 0.213 e. The Balaban J connectivity index is 0.00000361. The highest BCUT2D eigenvalue weighted by atomic mass is 127. The van der Waals surface area contributed by atoms with Crippen LogP contribution < -0.4 is 10.6 Å². The number of hydrogen-bond acceptors (Lipinski definition) is 3. The minimum atomic E-state index is -0.00764. The highest BCUT2D eigenvalue weighted by Crippen LogP contribution is 2.22. The molecule has 1 rings (SSSR count). The molecule has 0 aromatic carbocycles. The average Bonchev–Trinajstić information content (AvgIpc) is 2.82. The molecule has 116 valence electrons. The van der Waals surface area contributed by atoms with Crippen LogP contribution in [0.5, 0.6) is 0 Å². The lowest BCUT2D eigenvalue weighted by Gasteiger charge is -2.13. The first-order chi connectivity index (χ1) is 8.97. The molecule has 20 heavy (non-hydrogen) atoms. The Morgan fingerprint density at radius 3 is 2.55 bits per heavy atom. The number of guanidine groups is 1. The fourth-order valence-electron chi connectivity index (χ4n) is 1.50. The second kappa shape index (κ2) is 9.20. The van der Waals surface area contributed by atoms with Crippen LogP contribution in [0.15, 0.2) is 15.6 Å². The first-order valence-corrected chi connectivity index (χ1v) is 6.87. The lowest BCUT2D eigenvalue weighted by Crippen LogP contribution is -2.37. The van der Waals surface area contributed by atoms with E-state index in [9.17, 15) is 0 Å². The fraction of sp³-hybridized carbons (Fsp3) is 0.714. The molecule has 0 atom stereocenters. The zero-order valence-corrected chi connectivity index (χ0v) is 15.4. The van der Waals surface area contributed by atoms with Crippen molar-refractivity contribution in [3.05, 3.63) is 17.8 Å². The van der Waals surface area contributed by atoms with Crippen LogP contribution in [0.4, 0.5) is 0 Å². The molecule has 5 nitrogen and oxygen atoms in total. The molecule has 0 saturated carbocycles. The summed E-state index contributed by atoms with van der Waals surface area (Å²) in [5, 5.41) is 6.44. The summed E-state index contributed by atoms with van der Waals surface area (Å²) in [6.45, 7) is 9.96. The van der Waals surface area contributed by atoms with Gasteiger partial charge in [-0.2, -0.15) is 0 Å². The van der Waals surface area contributed by atoms with E-state index in [0.717, 1.165) is 24.7 Å². The van der Waals surface area contributed by atoms with E-state index >= 15 is 0 Å². The molecule has 0 spiro atoms. The van der Waals surface area contributed by atoms with E-state index in [1.807, 2.05) is 0 Å². The summed E-state index contributed by atoms with van der Waals surface area (Å²) in [6, 6.07) is 0. The first-order valence-electron chi connectivity index (χ1n) is 6.87. The van der Waals surface area contributed by atoms with Gasteiger partial charge >= 0.3 is 0 Å². The standard InChI is InChI=1S/C14H26N4O.HI/c1-6-7-8-16-13(15-5)18-10-12-17-9-11(19-12)14(2,3)4;/h9H,6-8,10H2,1-5H3,(H2,15,16,18);1H. The molecule has 0 saturated heterocycles. The minimum Gasteiger partial charge on any atom is -0.443 e. The number of nitrogens with one attached hydrogen (secondary N) is 2. The van der Waals surface area contributed by atoms with Crippen LogP contribution in [-0.2, 0) is 12.0 Å². The van der Waals surface area contributed by atoms with Gasteiger partial charge in [0.15, 0.2) is 5.96 Å². The summed E-state index contributed by atoms with van der Waals surface area (Å²) >= 11 is 0. The predicted octanol–water partition coefficient (Wildman–Crippen LogP) is 3.06. The van der Waals surface area contributed by atoms with Gasteiger partial charge in [0.05, 0.1) is 12.7 Å². The second-order valence-corrected chi connectivity index (χ2v) is 5.57. The van der Waals surface area contributed by atoms with Gasteiger partial charge in [-0.1, -0.05) is 34.1 Å². The number of aromatic nitrogens is 1. The third-order valence-corrected chi connectivity index (χ3v) is 2.75. The van der Waals surface area contributed by atoms with Gasteiger partial charge in [-0.05, 0) is 6.42 Å². The van der Waals surface area contributed by atoms with Crippen LogP contribution in [0, 0.1) is 0 Å². The fourth-order valence-corrected chi connectivity index (χ4v) is 1.50. The van der Waals surface area contributed by atoms with Gasteiger partial charge in [0.2, 0.25) is 5.89 Å². The molecule has 0 radical (unpaired) electrons. The van der Waals surface area contributed by atoms with Gasteiger partial charge < -0.3 is 15.1 Å². The number of nitrogens with zero attached hydrogens (tertiary/aromatic N) is 2. The van der Waals surface area contributed by atoms with E-state index < -0.39 is 0 Å². The van der Waals surface area contributed by atoms with E-state index in [2.05, 4.69) is 48.3 Å². The second-order valence-electron chi connectivity index (χ2n) is 5.57. The van der Waals surface area contributed by atoms with E-state index in [4.69, 9.17) is 4.42 Å². The summed E-state index contributed by atoms with van der Waals surface area (Å²) in [5.74, 6) is 2.37. The number of oxazole rings is 1. The summed E-state index contributed by atoms with van der Waals surface area (Å²) < 4.78 is 5.71. The summed E-state index contributed by atoms with van der Waals surface area (Å²) in [6.07, 6.45) is 4.09. The van der Waals surface area contributed by atoms with Crippen LogP contribution in [0.1, 0.15) is 52.2 Å². The Kier molecular flexibility index (Phi) is 8.84. The molecule has 0 amide bonds. The molecule has 1 heterocycles. The molecule has 2 N–H and O–H groups in total. The zero-order valence-electron chi connectivity index (χ0n) is 13.1. The highest BCUT2D eigenvalue weighted by molar-refractivity contribution is 14.0. The van der Waals surface area contributed by atoms with Crippen molar-refractivity contribution in [1.82, 2.24) is 15.6 Å². The van der Waals surface area contributed by atoms with Gasteiger partial charge in [0, 0.05) is 19.0 Å². The lowest BCUT2D eigenvalue weighted by molar-refractivity contribution is 0.379. The molecule has 0 aliphatic rings. The molecule has 6 heteroatoms. The number of unbranched alkanes of at least 4 members (excludes halogenated alkanes) is 1. The van der Waals surface area contributed by atoms with Crippen molar-refractivity contribution < 1.29 is 4.42 Å². The van der Waals surface area contributed by atoms with E-state index in [1.165, 1.54) is 6.42 Å². The summed E-state index contributed by atoms with van der Waals surface area (Å²) in [5.41, 5.74) is -0.00764. The minimum absolute atomic E-state index is 0. The molecular weight excluding hydrogens is 367 g/mol. The van der Waals surface area contributed by atoms with E-state index in [0.29, 0.717) is 12.4 Å². The number of halogens is 1. The van der Waals surface area contributed by atoms with Crippen molar-refractivity contribution in [2.24, 2.45) is 4.99 Å². The first kappa shape index (κ1) is 19.2. The molecule has 0 aliphatic carbocycles. The lowest BCUT2D eigenvalue weighted by atomic mass is 9.94. The van der Waals surface area contributed by atoms with Gasteiger partial charge in [0.1, 0.15) is 5.76 Å². The van der Waals surface area contributed by atoms with Crippen LogP contribution >= 0.6 is 24.0 Å². The van der Waals surface area contributed by atoms with E-state index in [1.54, 1.807) is 13.2 Å². The SMILES string of the molecule is CCCCNC(=NC)NCc1ncc(C(C)(C)C)o1.I. The largest absolute Gasteiger partial charge is 0.443 e. The molecule has 1 aromatic rings. The van der Waals surface area contributed by atoms with E-state index in [-0.39, 0.29) is 29.4 Å². The van der Waals surface area contributed by atoms with Crippen molar-refractivity contribution >= 4 is 29.9 Å². The third kappa shape index (κ3) is 6.58. The normalized spacial score (nSPS) is 11.9. The third-order valence-electron chi connectivity index (χ3n) is 2.75. The Hall–Kier alpha value is -0.790. The maximum absolute atomic E-state index is 5.71. The van der Waals surface area contributed by atoms with Crippen LogP contribution in [-0.4, -0.2) is 24.5 Å². The summed E-state index contributed by atoms with van der Waals surface area (Å²) in [7, 11) is 1.76. The molecule has 0 bridgehead atoms. The Labute approximate surface area is 139 Å². The quantitative estimate of drug-likeness (QED) is 0.349. The monoisotopic (exact) mass is 394 g/mol. The summed E-state index contributed by atoms with van der Waals surface area (Å²) in [4.78, 5) is 8.43. The molecule has 1 aromatic heterocycles. The number of rotatable bonds is 5. The van der Waals surface area contributed by atoms with Crippen LogP contribution in [0.2, 0.25) is 0 Å². The van der Waals surface area contributed by atoms with Crippen molar-refractivity contribution in [2.75, 3.05) is 13.6 Å².